The minimum Gasteiger partial charge on any atom is -0.356 e. The Balaban J connectivity index is 1.23. The van der Waals surface area contributed by atoms with E-state index >= 15 is 0 Å². The number of amides is 1. The van der Waals surface area contributed by atoms with Gasteiger partial charge in [-0.05, 0) is 57.0 Å². The molecule has 5 rings (SSSR count). The molecule has 0 saturated carbocycles. The van der Waals surface area contributed by atoms with E-state index < -0.39 is 10.0 Å². The molecule has 4 heterocycles. The number of aryl methyl sites for hydroxylation is 2. The zero-order chi connectivity index (χ0) is 26.7. The molecule has 13 heteroatoms. The van der Waals surface area contributed by atoms with Crippen molar-refractivity contribution in [3.63, 3.8) is 0 Å². The summed E-state index contributed by atoms with van der Waals surface area (Å²) >= 11 is 0. The van der Waals surface area contributed by atoms with E-state index in [1.54, 1.807) is 42.9 Å². The summed E-state index contributed by atoms with van der Waals surface area (Å²) in [5, 5.41) is 7.12. The van der Waals surface area contributed by atoms with Gasteiger partial charge in [0.2, 0.25) is 5.91 Å². The Morgan fingerprint density at radius 1 is 1.05 bits per heavy atom. The van der Waals surface area contributed by atoms with E-state index in [1.165, 1.54) is 18.5 Å². The molecule has 1 aromatic carbocycles. The lowest BCUT2D eigenvalue weighted by atomic mass is 9.97. The molecule has 0 spiro atoms. The number of hydrogen-bond donors (Lipinski definition) is 2. The Hall–Kier alpha value is -4.39. The van der Waals surface area contributed by atoms with Gasteiger partial charge in [0.15, 0.2) is 5.82 Å². The lowest BCUT2D eigenvalue weighted by Crippen LogP contribution is -2.41. The van der Waals surface area contributed by atoms with Crippen LogP contribution >= 0.6 is 0 Å². The third-order valence-electron chi connectivity index (χ3n) is 6.13. The third-order valence-corrected chi connectivity index (χ3v) is 7.50. The van der Waals surface area contributed by atoms with Crippen LogP contribution in [0, 0.1) is 19.8 Å². The highest BCUT2D eigenvalue weighted by Gasteiger charge is 2.27. The summed E-state index contributed by atoms with van der Waals surface area (Å²) < 4.78 is 29.7. The smallest absolute Gasteiger partial charge is 0.263 e. The maximum atomic E-state index is 13.1. The lowest BCUT2D eigenvalue weighted by molar-refractivity contribution is -0.120. The van der Waals surface area contributed by atoms with Crippen LogP contribution in [-0.2, 0) is 14.8 Å². The van der Waals surface area contributed by atoms with E-state index in [4.69, 9.17) is 0 Å². The molecule has 38 heavy (non-hydrogen) atoms. The maximum absolute atomic E-state index is 13.1. The molecule has 0 radical (unpaired) electrons. The number of nitrogens with zero attached hydrogens (tertiary/aromatic N) is 7. The van der Waals surface area contributed by atoms with Gasteiger partial charge in [0.05, 0.1) is 10.8 Å². The summed E-state index contributed by atoms with van der Waals surface area (Å²) in [5.41, 5.74) is 1.18. The summed E-state index contributed by atoms with van der Waals surface area (Å²) in [4.78, 5) is 32.1. The number of carbonyl (C=O) groups excluding carboxylic acids is 1. The Labute approximate surface area is 220 Å². The topological polar surface area (TPSA) is 148 Å². The number of piperidine rings is 1. The van der Waals surface area contributed by atoms with Crippen LogP contribution in [0.2, 0.25) is 0 Å². The van der Waals surface area contributed by atoms with Crippen LogP contribution in [0.1, 0.15) is 24.4 Å². The first kappa shape index (κ1) is 25.3. The van der Waals surface area contributed by atoms with Gasteiger partial charge in [-0.1, -0.05) is 0 Å². The minimum absolute atomic E-state index is 0.0602. The van der Waals surface area contributed by atoms with Crippen LogP contribution in [0.5, 0.6) is 0 Å². The molecule has 12 nitrogen and oxygen atoms in total. The highest BCUT2D eigenvalue weighted by Crippen LogP contribution is 2.24. The quantitative estimate of drug-likeness (QED) is 0.366. The van der Waals surface area contributed by atoms with Crippen molar-refractivity contribution in [1.29, 1.82) is 0 Å². The fourth-order valence-electron chi connectivity index (χ4n) is 4.37. The van der Waals surface area contributed by atoms with Crippen molar-refractivity contribution in [2.75, 3.05) is 28.0 Å². The summed E-state index contributed by atoms with van der Waals surface area (Å²) in [7, 11) is -3.85. The van der Waals surface area contributed by atoms with Gasteiger partial charge in [-0.3, -0.25) is 9.52 Å². The number of sulfonamides is 1. The highest BCUT2D eigenvalue weighted by molar-refractivity contribution is 7.92. The predicted molar refractivity (Wildman–Crippen MR) is 141 cm³/mol. The van der Waals surface area contributed by atoms with Crippen molar-refractivity contribution < 1.29 is 13.2 Å². The van der Waals surface area contributed by atoms with E-state index in [-0.39, 0.29) is 22.5 Å². The molecular weight excluding hydrogens is 506 g/mol. The van der Waals surface area contributed by atoms with E-state index in [9.17, 15) is 13.2 Å². The van der Waals surface area contributed by atoms with Crippen LogP contribution in [0.3, 0.4) is 0 Å². The van der Waals surface area contributed by atoms with Crippen molar-refractivity contribution in [3.05, 3.63) is 72.7 Å². The van der Waals surface area contributed by atoms with Crippen molar-refractivity contribution >= 4 is 33.3 Å². The van der Waals surface area contributed by atoms with E-state index in [1.807, 2.05) is 18.3 Å². The average Bonchev–Trinajstić information content (AvgIpc) is 3.44. The zero-order valence-corrected chi connectivity index (χ0v) is 21.8. The minimum atomic E-state index is -3.85. The van der Waals surface area contributed by atoms with Crippen molar-refractivity contribution in [3.8, 4) is 5.82 Å². The van der Waals surface area contributed by atoms with E-state index in [0.717, 1.165) is 25.2 Å². The number of carbonyl (C=O) groups is 1. The van der Waals surface area contributed by atoms with Gasteiger partial charge in [0.1, 0.15) is 23.8 Å². The molecule has 0 aliphatic carbocycles. The molecule has 1 aliphatic heterocycles. The standard InChI is InChI=1S/C25H27N9O3S/c1-17-13-22(30-18(2)29-17)32-38(36,37)21-8-6-20(7-9-21)31-25(35)19-5-3-11-33(15-19)23-14-24(27-16-26-23)34-12-4-10-28-34/h4,6-10,12-14,16,19H,3,5,11,15H2,1-2H3,(H,31,35)(H,29,30,32). The average molecular weight is 534 g/mol. The second kappa shape index (κ2) is 10.5. The third kappa shape index (κ3) is 5.78. The Morgan fingerprint density at radius 2 is 1.84 bits per heavy atom. The summed E-state index contributed by atoms with van der Waals surface area (Å²) in [6.45, 7) is 4.75. The number of anilines is 3. The molecule has 3 aromatic heterocycles. The fourth-order valence-corrected chi connectivity index (χ4v) is 5.36. The highest BCUT2D eigenvalue weighted by atomic mass is 32.2. The Kier molecular flexibility index (Phi) is 7.01. The summed E-state index contributed by atoms with van der Waals surface area (Å²) in [6, 6.07) is 11.3. The normalized spacial score (nSPS) is 15.7. The van der Waals surface area contributed by atoms with Crippen LogP contribution < -0.4 is 14.9 Å². The molecule has 1 amide bonds. The first-order chi connectivity index (χ1) is 18.3. The molecule has 2 N–H and O–H groups in total. The van der Waals surface area contributed by atoms with Crippen molar-refractivity contribution in [2.24, 2.45) is 5.92 Å². The Bertz CT molecular complexity index is 1520. The molecule has 1 unspecified atom stereocenters. The summed E-state index contributed by atoms with van der Waals surface area (Å²) in [6.07, 6.45) is 6.57. The molecule has 1 aliphatic rings. The molecule has 4 aromatic rings. The molecule has 1 fully saturated rings. The predicted octanol–water partition coefficient (Wildman–Crippen LogP) is 2.73. The number of hydrogen-bond acceptors (Lipinski definition) is 9. The Morgan fingerprint density at radius 3 is 2.58 bits per heavy atom. The first-order valence-corrected chi connectivity index (χ1v) is 13.6. The maximum Gasteiger partial charge on any atom is 0.263 e. The van der Waals surface area contributed by atoms with Gasteiger partial charge in [-0.2, -0.15) is 5.10 Å². The van der Waals surface area contributed by atoms with Crippen LogP contribution in [0.4, 0.5) is 17.3 Å². The van der Waals surface area contributed by atoms with Gasteiger partial charge < -0.3 is 10.2 Å². The zero-order valence-electron chi connectivity index (χ0n) is 20.9. The number of nitrogens with one attached hydrogen (secondary N) is 2. The van der Waals surface area contributed by atoms with Crippen molar-refractivity contribution in [2.45, 2.75) is 31.6 Å². The number of benzene rings is 1. The van der Waals surface area contributed by atoms with Crippen molar-refractivity contribution in [1.82, 2.24) is 29.7 Å². The molecule has 0 bridgehead atoms. The molecule has 1 saturated heterocycles. The lowest BCUT2D eigenvalue weighted by Gasteiger charge is -2.32. The second-order valence-electron chi connectivity index (χ2n) is 9.03. The first-order valence-electron chi connectivity index (χ1n) is 12.1. The number of aromatic nitrogens is 6. The van der Waals surface area contributed by atoms with Gasteiger partial charge in [-0.25, -0.2) is 33.0 Å². The second-order valence-corrected chi connectivity index (χ2v) is 10.7. The van der Waals surface area contributed by atoms with Gasteiger partial charge in [0.25, 0.3) is 10.0 Å². The summed E-state index contributed by atoms with van der Waals surface area (Å²) in [5.74, 6) is 1.69. The van der Waals surface area contributed by atoms with Gasteiger partial charge in [0, 0.05) is 49.0 Å². The molecule has 196 valence electrons. The van der Waals surface area contributed by atoms with Crippen LogP contribution in [0.25, 0.3) is 5.82 Å². The van der Waals surface area contributed by atoms with E-state index in [2.05, 4.69) is 40.0 Å². The number of rotatable bonds is 7. The van der Waals surface area contributed by atoms with Crippen LogP contribution in [-0.4, -0.2) is 57.1 Å². The largest absolute Gasteiger partial charge is 0.356 e. The SMILES string of the molecule is Cc1cc(NS(=O)(=O)c2ccc(NC(=O)C3CCCN(c4cc(-n5cccn5)ncn4)C3)cc2)nc(C)n1. The van der Waals surface area contributed by atoms with Gasteiger partial charge >= 0.3 is 0 Å². The van der Waals surface area contributed by atoms with Gasteiger partial charge in [-0.15, -0.1) is 0 Å². The fraction of sp³-hybridized carbons (Fsp3) is 0.280. The molecular formula is C25H27N9O3S. The monoisotopic (exact) mass is 533 g/mol. The molecule has 1 atom stereocenters. The van der Waals surface area contributed by atoms with Crippen LogP contribution in [0.15, 0.2) is 66.1 Å². The van der Waals surface area contributed by atoms with E-state index in [0.29, 0.717) is 29.6 Å².